The Morgan fingerprint density at radius 3 is 2.50 bits per heavy atom. The Morgan fingerprint density at radius 2 is 2.06 bits per heavy atom. The molecule has 1 nitrogen and oxygen atoms in total. The van der Waals surface area contributed by atoms with Crippen LogP contribution in [0.15, 0.2) is 6.07 Å². The predicted molar refractivity (Wildman–Crippen MR) is 74.8 cm³/mol. The van der Waals surface area contributed by atoms with Gasteiger partial charge in [-0.15, -0.1) is 11.3 Å². The van der Waals surface area contributed by atoms with Gasteiger partial charge < -0.3 is 5.32 Å². The van der Waals surface area contributed by atoms with E-state index in [1.165, 1.54) is 24.2 Å². The molecule has 1 aromatic heterocycles. The molecule has 0 saturated heterocycles. The summed E-state index contributed by atoms with van der Waals surface area (Å²) in [4.78, 5) is 0. The number of thiophene rings is 1. The summed E-state index contributed by atoms with van der Waals surface area (Å²) in [5, 5.41) is 3.50. The molecule has 0 spiro atoms. The quantitative estimate of drug-likeness (QED) is 0.760. The Morgan fingerprint density at radius 1 is 1.38 bits per heavy atom. The van der Waals surface area contributed by atoms with E-state index in [1.54, 1.807) is 0 Å². The van der Waals surface area contributed by atoms with E-state index < -0.39 is 0 Å². The first-order valence-corrected chi connectivity index (χ1v) is 7.35. The lowest BCUT2D eigenvalue weighted by atomic mass is 9.92. The fourth-order valence-corrected chi connectivity index (χ4v) is 3.57. The zero-order valence-electron chi connectivity index (χ0n) is 10.0. The van der Waals surface area contributed by atoms with Crippen molar-refractivity contribution in [3.8, 4) is 0 Å². The largest absolute Gasteiger partial charge is 0.310 e. The maximum atomic E-state index is 6.21. The SMILES string of the molecule is CCCC(C)C(NCC)c1cc(Cl)sc1Cl. The average molecular weight is 280 g/mol. The first-order chi connectivity index (χ1) is 7.60. The maximum Gasteiger partial charge on any atom is 0.0992 e. The van der Waals surface area contributed by atoms with Crippen molar-refractivity contribution in [2.75, 3.05) is 6.54 Å². The molecule has 16 heavy (non-hydrogen) atoms. The van der Waals surface area contributed by atoms with Gasteiger partial charge in [0, 0.05) is 11.6 Å². The van der Waals surface area contributed by atoms with Crippen LogP contribution in [0.5, 0.6) is 0 Å². The average Bonchev–Trinajstić information content (AvgIpc) is 2.54. The molecule has 92 valence electrons. The van der Waals surface area contributed by atoms with Crippen LogP contribution in [0.2, 0.25) is 8.67 Å². The molecule has 1 aromatic rings. The Balaban J connectivity index is 2.88. The maximum absolute atomic E-state index is 6.21. The molecule has 1 N–H and O–H groups in total. The van der Waals surface area contributed by atoms with Gasteiger partial charge in [-0.05, 0) is 24.9 Å². The molecule has 1 rings (SSSR count). The van der Waals surface area contributed by atoms with E-state index in [1.807, 2.05) is 6.07 Å². The second-order valence-electron chi connectivity index (χ2n) is 4.08. The number of nitrogens with one attached hydrogen (secondary N) is 1. The normalized spacial score (nSPS) is 15.1. The number of rotatable bonds is 6. The number of halogens is 2. The topological polar surface area (TPSA) is 12.0 Å². The van der Waals surface area contributed by atoms with Gasteiger partial charge in [0.1, 0.15) is 0 Å². The van der Waals surface area contributed by atoms with Gasteiger partial charge >= 0.3 is 0 Å². The van der Waals surface area contributed by atoms with Crippen molar-refractivity contribution >= 4 is 34.5 Å². The molecule has 1 heterocycles. The van der Waals surface area contributed by atoms with Gasteiger partial charge in [-0.2, -0.15) is 0 Å². The minimum atomic E-state index is 0.321. The minimum absolute atomic E-state index is 0.321. The summed E-state index contributed by atoms with van der Waals surface area (Å²) < 4.78 is 1.59. The number of hydrogen-bond acceptors (Lipinski definition) is 2. The summed E-state index contributed by atoms with van der Waals surface area (Å²) in [6, 6.07) is 2.31. The highest BCUT2D eigenvalue weighted by atomic mass is 35.5. The highest BCUT2D eigenvalue weighted by molar-refractivity contribution is 7.20. The van der Waals surface area contributed by atoms with Gasteiger partial charge in [0.25, 0.3) is 0 Å². The van der Waals surface area contributed by atoms with Crippen molar-refractivity contribution in [1.82, 2.24) is 5.32 Å². The van der Waals surface area contributed by atoms with Crippen LogP contribution in [0.25, 0.3) is 0 Å². The van der Waals surface area contributed by atoms with E-state index in [2.05, 4.69) is 26.1 Å². The fourth-order valence-electron chi connectivity index (χ4n) is 2.02. The Hall–Kier alpha value is 0.240. The lowest BCUT2D eigenvalue weighted by Gasteiger charge is -2.24. The van der Waals surface area contributed by atoms with Crippen LogP contribution >= 0.6 is 34.5 Å². The molecular formula is C12H19Cl2NS. The minimum Gasteiger partial charge on any atom is -0.310 e. The van der Waals surface area contributed by atoms with E-state index >= 15 is 0 Å². The Labute approximate surface area is 112 Å². The van der Waals surface area contributed by atoms with E-state index in [9.17, 15) is 0 Å². The van der Waals surface area contributed by atoms with Crippen molar-refractivity contribution < 1.29 is 0 Å². The molecule has 0 bridgehead atoms. The first kappa shape index (κ1) is 14.3. The smallest absolute Gasteiger partial charge is 0.0992 e. The zero-order valence-corrected chi connectivity index (χ0v) is 12.3. The van der Waals surface area contributed by atoms with E-state index in [0.717, 1.165) is 20.8 Å². The molecule has 0 aliphatic carbocycles. The molecule has 0 aromatic carbocycles. The molecule has 2 unspecified atom stereocenters. The van der Waals surface area contributed by atoms with Gasteiger partial charge in [-0.1, -0.05) is 50.4 Å². The van der Waals surface area contributed by atoms with Crippen LogP contribution < -0.4 is 5.32 Å². The summed E-state index contributed by atoms with van der Waals surface area (Å²) in [6.45, 7) is 7.54. The summed E-state index contributed by atoms with van der Waals surface area (Å²) >= 11 is 13.7. The first-order valence-electron chi connectivity index (χ1n) is 5.78. The summed E-state index contributed by atoms with van der Waals surface area (Å²) in [5.74, 6) is 0.577. The second-order valence-corrected chi connectivity index (χ2v) is 6.37. The third-order valence-corrected chi connectivity index (χ3v) is 4.27. The fraction of sp³-hybridized carbons (Fsp3) is 0.667. The van der Waals surface area contributed by atoms with Gasteiger partial charge in [-0.25, -0.2) is 0 Å². The highest BCUT2D eigenvalue weighted by Gasteiger charge is 2.21. The van der Waals surface area contributed by atoms with Crippen molar-refractivity contribution in [2.45, 2.75) is 39.7 Å². The number of hydrogen-bond donors (Lipinski definition) is 1. The molecule has 0 saturated carbocycles. The third-order valence-electron chi connectivity index (χ3n) is 2.76. The Kier molecular flexibility index (Phi) is 6.12. The molecule has 2 atom stereocenters. The predicted octanol–water partition coefficient (Wildman–Crippen LogP) is 5.14. The van der Waals surface area contributed by atoms with Crippen LogP contribution in [0.4, 0.5) is 0 Å². The van der Waals surface area contributed by atoms with Crippen molar-refractivity contribution in [3.05, 3.63) is 20.3 Å². The van der Waals surface area contributed by atoms with Crippen molar-refractivity contribution in [3.63, 3.8) is 0 Å². The standard InChI is InChI=1S/C12H19Cl2NS/c1-4-6-8(3)11(15-5-2)9-7-10(13)16-12(9)14/h7-8,11,15H,4-6H2,1-3H3. The van der Waals surface area contributed by atoms with Gasteiger partial charge in [0.2, 0.25) is 0 Å². The lowest BCUT2D eigenvalue weighted by molar-refractivity contribution is 0.370. The Bertz CT molecular complexity index is 325. The monoisotopic (exact) mass is 279 g/mol. The van der Waals surface area contributed by atoms with E-state index in [0.29, 0.717) is 12.0 Å². The lowest BCUT2D eigenvalue weighted by Crippen LogP contribution is -2.26. The van der Waals surface area contributed by atoms with Gasteiger partial charge in [-0.3, -0.25) is 0 Å². The van der Waals surface area contributed by atoms with Crippen LogP contribution in [-0.4, -0.2) is 6.54 Å². The van der Waals surface area contributed by atoms with Gasteiger partial charge in [0.15, 0.2) is 0 Å². The second kappa shape index (κ2) is 6.85. The molecule has 0 radical (unpaired) electrons. The van der Waals surface area contributed by atoms with Crippen LogP contribution in [0.3, 0.4) is 0 Å². The van der Waals surface area contributed by atoms with E-state index in [-0.39, 0.29) is 0 Å². The molecular weight excluding hydrogens is 261 g/mol. The van der Waals surface area contributed by atoms with Crippen molar-refractivity contribution in [2.24, 2.45) is 5.92 Å². The summed E-state index contributed by atoms with van der Waals surface area (Å²) in [5.41, 5.74) is 1.15. The molecule has 0 aliphatic rings. The van der Waals surface area contributed by atoms with Crippen LogP contribution in [0, 0.1) is 5.92 Å². The van der Waals surface area contributed by atoms with Crippen LogP contribution in [0.1, 0.15) is 45.2 Å². The molecule has 0 fully saturated rings. The van der Waals surface area contributed by atoms with Crippen molar-refractivity contribution in [1.29, 1.82) is 0 Å². The van der Waals surface area contributed by atoms with Crippen LogP contribution in [-0.2, 0) is 0 Å². The molecule has 0 aliphatic heterocycles. The molecule has 4 heteroatoms. The molecule has 0 amide bonds. The highest BCUT2D eigenvalue weighted by Crippen LogP contribution is 2.38. The summed E-state index contributed by atoms with van der Waals surface area (Å²) in [6.07, 6.45) is 2.39. The summed E-state index contributed by atoms with van der Waals surface area (Å²) in [7, 11) is 0. The zero-order chi connectivity index (χ0) is 12.1. The van der Waals surface area contributed by atoms with Gasteiger partial charge in [0.05, 0.1) is 8.67 Å². The van der Waals surface area contributed by atoms with E-state index in [4.69, 9.17) is 23.2 Å². The third kappa shape index (κ3) is 3.63.